The number of nitrogens with zero attached hydrogens (tertiary/aromatic N) is 1. The minimum absolute atomic E-state index is 0.0290. The van der Waals surface area contributed by atoms with Crippen molar-refractivity contribution in [3.63, 3.8) is 0 Å². The van der Waals surface area contributed by atoms with Crippen LogP contribution in [0.1, 0.15) is 30.9 Å². The number of benzene rings is 2. The fourth-order valence-electron chi connectivity index (χ4n) is 4.07. The van der Waals surface area contributed by atoms with Gasteiger partial charge in [0.15, 0.2) is 6.61 Å². The molecule has 0 radical (unpaired) electrons. The summed E-state index contributed by atoms with van der Waals surface area (Å²) in [6.45, 7) is 3.27. The van der Waals surface area contributed by atoms with E-state index >= 15 is 0 Å². The van der Waals surface area contributed by atoms with Gasteiger partial charge in [-0.2, -0.15) is 0 Å². The van der Waals surface area contributed by atoms with Crippen LogP contribution in [-0.2, 0) is 21.4 Å². The van der Waals surface area contributed by atoms with Crippen molar-refractivity contribution in [1.82, 2.24) is 4.90 Å². The van der Waals surface area contributed by atoms with E-state index in [2.05, 4.69) is 12.2 Å². The highest BCUT2D eigenvalue weighted by Crippen LogP contribution is 2.44. The van der Waals surface area contributed by atoms with E-state index < -0.39 is 5.41 Å². The number of fused-ring (bicyclic) bond motifs is 2. The van der Waals surface area contributed by atoms with Gasteiger partial charge in [-0.3, -0.25) is 9.59 Å². The molecule has 0 unspecified atom stereocenters. The Morgan fingerprint density at radius 3 is 2.52 bits per heavy atom. The summed E-state index contributed by atoms with van der Waals surface area (Å²) in [5.74, 6) is 0.734. The van der Waals surface area contributed by atoms with E-state index in [1.54, 1.807) is 4.90 Å². The first kappa shape index (κ1) is 17.6. The van der Waals surface area contributed by atoms with Gasteiger partial charge in [0, 0.05) is 18.8 Å². The summed E-state index contributed by atoms with van der Waals surface area (Å²) in [5, 5.41) is 2.99. The third-order valence-corrected chi connectivity index (χ3v) is 5.79. The van der Waals surface area contributed by atoms with Crippen LogP contribution in [0.15, 0.2) is 48.5 Å². The normalized spacial score (nSPS) is 17.5. The molecule has 0 saturated carbocycles. The highest BCUT2D eigenvalue weighted by Gasteiger charge is 2.48. The number of para-hydroxylation sites is 1. The van der Waals surface area contributed by atoms with Crippen molar-refractivity contribution in [3.8, 4) is 5.75 Å². The number of likely N-dealkylation sites (tertiary alicyclic amines) is 1. The number of ether oxygens (including phenoxy) is 1. The topological polar surface area (TPSA) is 58.6 Å². The number of carbonyl (C=O) groups excluding carboxylic acids is 2. The molecule has 0 bridgehead atoms. The second-order valence-electron chi connectivity index (χ2n) is 7.25. The quantitative estimate of drug-likeness (QED) is 0.907. The zero-order chi connectivity index (χ0) is 18.9. The molecule has 2 amide bonds. The minimum atomic E-state index is -0.496. The second kappa shape index (κ2) is 7.06. The molecule has 140 valence electrons. The van der Waals surface area contributed by atoms with Gasteiger partial charge >= 0.3 is 0 Å². The summed E-state index contributed by atoms with van der Waals surface area (Å²) in [6, 6.07) is 15.7. The molecule has 1 spiro atoms. The second-order valence-corrected chi connectivity index (χ2v) is 7.25. The monoisotopic (exact) mass is 364 g/mol. The first-order valence-electron chi connectivity index (χ1n) is 9.53. The molecule has 2 aromatic rings. The van der Waals surface area contributed by atoms with Crippen molar-refractivity contribution in [2.24, 2.45) is 0 Å². The number of amides is 2. The van der Waals surface area contributed by atoms with Crippen LogP contribution in [0.5, 0.6) is 5.75 Å². The molecule has 0 atom stereocenters. The van der Waals surface area contributed by atoms with Crippen molar-refractivity contribution >= 4 is 17.5 Å². The largest absolute Gasteiger partial charge is 0.484 e. The van der Waals surface area contributed by atoms with E-state index in [0.29, 0.717) is 31.7 Å². The van der Waals surface area contributed by atoms with E-state index in [0.717, 1.165) is 17.7 Å². The van der Waals surface area contributed by atoms with Crippen LogP contribution in [0.25, 0.3) is 0 Å². The summed E-state index contributed by atoms with van der Waals surface area (Å²) in [5.41, 5.74) is 2.71. The number of nitrogens with one attached hydrogen (secondary N) is 1. The van der Waals surface area contributed by atoms with Gasteiger partial charge in [0.05, 0.1) is 5.41 Å². The first-order chi connectivity index (χ1) is 13.1. The fraction of sp³-hybridized carbons (Fsp3) is 0.364. The SMILES string of the molecule is CCc1ccc(OCC(=O)N2CCC3(CC2)C(=O)Nc2ccccc23)cc1. The molecule has 0 aliphatic carbocycles. The zero-order valence-electron chi connectivity index (χ0n) is 15.5. The predicted octanol–water partition coefficient (Wildman–Crippen LogP) is 3.14. The van der Waals surface area contributed by atoms with Gasteiger partial charge in [-0.1, -0.05) is 37.3 Å². The summed E-state index contributed by atoms with van der Waals surface area (Å²) in [7, 11) is 0. The van der Waals surface area contributed by atoms with Crippen molar-refractivity contribution in [3.05, 3.63) is 59.7 Å². The van der Waals surface area contributed by atoms with Crippen LogP contribution in [0, 0.1) is 0 Å². The summed E-state index contributed by atoms with van der Waals surface area (Å²) < 4.78 is 5.64. The molecule has 0 aromatic heterocycles. The lowest BCUT2D eigenvalue weighted by Crippen LogP contribution is -2.49. The van der Waals surface area contributed by atoms with Gasteiger partial charge < -0.3 is 15.0 Å². The summed E-state index contributed by atoms with van der Waals surface area (Å²) in [4.78, 5) is 26.9. The summed E-state index contributed by atoms with van der Waals surface area (Å²) >= 11 is 0. The molecule has 1 N–H and O–H groups in total. The molecule has 2 aromatic carbocycles. The molecule has 4 rings (SSSR count). The molecule has 2 heterocycles. The Balaban J connectivity index is 1.36. The third kappa shape index (κ3) is 3.18. The van der Waals surface area contributed by atoms with Crippen LogP contribution in [0.3, 0.4) is 0 Å². The van der Waals surface area contributed by atoms with Crippen LogP contribution in [0.2, 0.25) is 0 Å². The highest BCUT2D eigenvalue weighted by molar-refractivity contribution is 6.06. The lowest BCUT2D eigenvalue weighted by Gasteiger charge is -2.37. The lowest BCUT2D eigenvalue weighted by molar-refractivity contribution is -0.137. The molecule has 2 aliphatic heterocycles. The maximum atomic E-state index is 12.6. The molecule has 1 fully saturated rings. The molecule has 5 nitrogen and oxygen atoms in total. The Labute approximate surface area is 159 Å². The Bertz CT molecular complexity index is 852. The Kier molecular flexibility index (Phi) is 4.60. The van der Waals surface area contributed by atoms with Crippen LogP contribution < -0.4 is 10.1 Å². The maximum absolute atomic E-state index is 12.6. The minimum Gasteiger partial charge on any atom is -0.484 e. The van der Waals surface area contributed by atoms with Gasteiger partial charge in [-0.15, -0.1) is 0 Å². The zero-order valence-corrected chi connectivity index (χ0v) is 15.5. The van der Waals surface area contributed by atoms with Gasteiger partial charge in [0.2, 0.25) is 5.91 Å². The standard InChI is InChI=1S/C22H24N2O3/c1-2-16-7-9-17(10-8-16)27-15-20(25)24-13-11-22(12-14-24)18-5-3-4-6-19(18)23-21(22)26/h3-10H,2,11-15H2,1H3,(H,23,26). The average Bonchev–Trinajstić information content (AvgIpc) is 2.98. The maximum Gasteiger partial charge on any atom is 0.260 e. The fourth-order valence-corrected chi connectivity index (χ4v) is 4.07. The van der Waals surface area contributed by atoms with Crippen molar-refractivity contribution in [2.75, 3.05) is 25.0 Å². The first-order valence-corrected chi connectivity index (χ1v) is 9.53. The molecular formula is C22H24N2O3. The Morgan fingerprint density at radius 2 is 1.81 bits per heavy atom. The molecule has 1 saturated heterocycles. The van der Waals surface area contributed by atoms with E-state index in [-0.39, 0.29) is 18.4 Å². The van der Waals surface area contributed by atoms with E-state index in [9.17, 15) is 9.59 Å². The smallest absolute Gasteiger partial charge is 0.260 e. The molecule has 5 heteroatoms. The average molecular weight is 364 g/mol. The Morgan fingerprint density at radius 1 is 1.11 bits per heavy atom. The number of anilines is 1. The number of carbonyl (C=O) groups is 2. The summed E-state index contributed by atoms with van der Waals surface area (Å²) in [6.07, 6.45) is 2.27. The van der Waals surface area contributed by atoms with E-state index in [1.165, 1.54) is 5.56 Å². The van der Waals surface area contributed by atoms with Crippen molar-refractivity contribution in [1.29, 1.82) is 0 Å². The van der Waals surface area contributed by atoms with Crippen LogP contribution in [0.4, 0.5) is 5.69 Å². The van der Waals surface area contributed by atoms with Crippen molar-refractivity contribution < 1.29 is 14.3 Å². The van der Waals surface area contributed by atoms with Crippen LogP contribution >= 0.6 is 0 Å². The predicted molar refractivity (Wildman–Crippen MR) is 104 cm³/mol. The number of hydrogen-bond acceptors (Lipinski definition) is 3. The lowest BCUT2D eigenvalue weighted by atomic mass is 9.73. The van der Waals surface area contributed by atoms with Gasteiger partial charge in [-0.05, 0) is 48.6 Å². The number of piperidine rings is 1. The Hall–Kier alpha value is -2.82. The van der Waals surface area contributed by atoms with Gasteiger partial charge in [-0.25, -0.2) is 0 Å². The number of aryl methyl sites for hydroxylation is 1. The van der Waals surface area contributed by atoms with Gasteiger partial charge in [0.1, 0.15) is 5.75 Å². The molecular weight excluding hydrogens is 340 g/mol. The third-order valence-electron chi connectivity index (χ3n) is 5.79. The van der Waals surface area contributed by atoms with E-state index in [4.69, 9.17) is 4.74 Å². The number of hydrogen-bond donors (Lipinski definition) is 1. The number of rotatable bonds is 4. The van der Waals surface area contributed by atoms with E-state index in [1.807, 2.05) is 48.5 Å². The molecule has 2 aliphatic rings. The molecule has 27 heavy (non-hydrogen) atoms. The highest BCUT2D eigenvalue weighted by atomic mass is 16.5. The van der Waals surface area contributed by atoms with Crippen LogP contribution in [-0.4, -0.2) is 36.4 Å². The van der Waals surface area contributed by atoms with Crippen molar-refractivity contribution in [2.45, 2.75) is 31.6 Å². The van der Waals surface area contributed by atoms with Gasteiger partial charge in [0.25, 0.3) is 5.91 Å².